The van der Waals surface area contributed by atoms with Gasteiger partial charge < -0.3 is 19.4 Å². The molecule has 0 fully saturated rings. The first-order valence-corrected chi connectivity index (χ1v) is 9.89. The van der Waals surface area contributed by atoms with Gasteiger partial charge in [0.05, 0.1) is 11.1 Å². The van der Waals surface area contributed by atoms with E-state index in [1.807, 2.05) is 13.0 Å². The Morgan fingerprint density at radius 1 is 1.13 bits per heavy atom. The molecule has 1 N–H and O–H groups in total. The molecule has 1 aromatic heterocycles. The SMILES string of the molecule is CCCCN1C(=O)COc2ccc(NC(=O)c3cc(=O)c4ccc(C)cc4o3)cc21. The second-order valence-electron chi connectivity index (χ2n) is 7.30. The fourth-order valence-electron chi connectivity index (χ4n) is 3.41. The van der Waals surface area contributed by atoms with Gasteiger partial charge in [-0.25, -0.2) is 0 Å². The van der Waals surface area contributed by atoms with Crippen molar-refractivity contribution in [2.75, 3.05) is 23.4 Å². The summed E-state index contributed by atoms with van der Waals surface area (Å²) in [6.45, 7) is 4.53. The number of anilines is 2. The van der Waals surface area contributed by atoms with Gasteiger partial charge in [0.15, 0.2) is 17.8 Å². The molecule has 0 bridgehead atoms. The molecule has 2 amide bonds. The summed E-state index contributed by atoms with van der Waals surface area (Å²) in [5.74, 6) is -0.142. The molecular formula is C23H22N2O5. The zero-order valence-electron chi connectivity index (χ0n) is 16.9. The van der Waals surface area contributed by atoms with Gasteiger partial charge in [-0.2, -0.15) is 0 Å². The molecule has 4 rings (SSSR count). The number of carbonyl (C=O) groups is 2. The van der Waals surface area contributed by atoms with E-state index >= 15 is 0 Å². The Morgan fingerprint density at radius 2 is 1.97 bits per heavy atom. The predicted molar refractivity (Wildman–Crippen MR) is 114 cm³/mol. The summed E-state index contributed by atoms with van der Waals surface area (Å²) in [6, 6.07) is 11.5. The van der Waals surface area contributed by atoms with E-state index in [1.165, 1.54) is 6.07 Å². The van der Waals surface area contributed by atoms with Crippen molar-refractivity contribution < 1.29 is 18.7 Å². The molecule has 0 radical (unpaired) electrons. The third-order valence-corrected chi connectivity index (χ3v) is 5.00. The molecule has 0 spiro atoms. The van der Waals surface area contributed by atoms with Gasteiger partial charge in [-0.15, -0.1) is 0 Å². The molecule has 7 heteroatoms. The lowest BCUT2D eigenvalue weighted by Crippen LogP contribution is -2.39. The number of nitrogens with one attached hydrogen (secondary N) is 1. The Balaban J connectivity index is 1.63. The molecule has 0 saturated heterocycles. The van der Waals surface area contributed by atoms with Crippen LogP contribution < -0.4 is 20.4 Å². The van der Waals surface area contributed by atoms with Crippen LogP contribution in [0.3, 0.4) is 0 Å². The fraction of sp³-hybridized carbons (Fsp3) is 0.261. The normalized spacial score (nSPS) is 13.1. The highest BCUT2D eigenvalue weighted by Gasteiger charge is 2.25. The van der Waals surface area contributed by atoms with Crippen LogP contribution >= 0.6 is 0 Å². The minimum Gasteiger partial charge on any atom is -0.482 e. The molecule has 2 heterocycles. The van der Waals surface area contributed by atoms with E-state index in [9.17, 15) is 14.4 Å². The lowest BCUT2D eigenvalue weighted by molar-refractivity contribution is -0.121. The predicted octanol–water partition coefficient (Wildman–Crippen LogP) is 3.88. The van der Waals surface area contributed by atoms with Crippen LogP contribution in [-0.2, 0) is 4.79 Å². The van der Waals surface area contributed by atoms with Crippen molar-refractivity contribution in [1.82, 2.24) is 0 Å². The zero-order chi connectivity index (χ0) is 21.3. The zero-order valence-corrected chi connectivity index (χ0v) is 16.9. The average Bonchev–Trinajstić information content (AvgIpc) is 2.72. The lowest BCUT2D eigenvalue weighted by atomic mass is 10.1. The molecule has 0 saturated carbocycles. The molecule has 30 heavy (non-hydrogen) atoms. The van der Waals surface area contributed by atoms with Crippen molar-refractivity contribution in [3.05, 3.63) is 64.0 Å². The highest BCUT2D eigenvalue weighted by atomic mass is 16.5. The Morgan fingerprint density at radius 3 is 2.77 bits per heavy atom. The Kier molecular flexibility index (Phi) is 5.27. The van der Waals surface area contributed by atoms with E-state index in [0.29, 0.717) is 34.6 Å². The first-order valence-electron chi connectivity index (χ1n) is 9.89. The number of nitrogens with zero attached hydrogens (tertiary/aromatic N) is 1. The van der Waals surface area contributed by atoms with Crippen molar-refractivity contribution in [3.63, 3.8) is 0 Å². The summed E-state index contributed by atoms with van der Waals surface area (Å²) in [5, 5.41) is 3.17. The van der Waals surface area contributed by atoms with E-state index in [1.54, 1.807) is 35.2 Å². The largest absolute Gasteiger partial charge is 0.482 e. The molecule has 7 nitrogen and oxygen atoms in total. The summed E-state index contributed by atoms with van der Waals surface area (Å²) in [4.78, 5) is 39.0. The standard InChI is InChI=1S/C23H22N2O5/c1-3-4-9-25-17-11-15(6-8-19(17)29-13-22(25)27)24-23(28)21-12-18(26)16-7-5-14(2)10-20(16)30-21/h5-8,10-12H,3-4,9,13H2,1-2H3,(H,24,28). The van der Waals surface area contributed by atoms with E-state index in [2.05, 4.69) is 12.2 Å². The van der Waals surface area contributed by atoms with Crippen LogP contribution in [0.4, 0.5) is 11.4 Å². The van der Waals surface area contributed by atoms with Crippen LogP contribution in [0, 0.1) is 6.92 Å². The molecule has 0 unspecified atom stereocenters. The monoisotopic (exact) mass is 406 g/mol. The van der Waals surface area contributed by atoms with Crippen LogP contribution in [-0.4, -0.2) is 25.0 Å². The third-order valence-electron chi connectivity index (χ3n) is 5.00. The summed E-state index contributed by atoms with van der Waals surface area (Å²) >= 11 is 0. The molecule has 0 aliphatic carbocycles. The number of benzene rings is 2. The number of ether oxygens (including phenoxy) is 1. The van der Waals surface area contributed by atoms with Crippen LogP contribution in [0.2, 0.25) is 0 Å². The summed E-state index contributed by atoms with van der Waals surface area (Å²) in [6.07, 6.45) is 1.82. The van der Waals surface area contributed by atoms with Gasteiger partial charge in [0.1, 0.15) is 11.3 Å². The summed E-state index contributed by atoms with van der Waals surface area (Å²) in [5.41, 5.74) is 2.10. The number of hydrogen-bond acceptors (Lipinski definition) is 5. The lowest BCUT2D eigenvalue weighted by Gasteiger charge is -2.29. The van der Waals surface area contributed by atoms with Crippen molar-refractivity contribution in [3.8, 4) is 5.75 Å². The molecule has 1 aliphatic rings. The van der Waals surface area contributed by atoms with Crippen LogP contribution in [0.1, 0.15) is 35.9 Å². The number of carbonyl (C=O) groups excluding carboxylic acids is 2. The van der Waals surface area contributed by atoms with E-state index in [4.69, 9.17) is 9.15 Å². The fourth-order valence-corrected chi connectivity index (χ4v) is 3.41. The van der Waals surface area contributed by atoms with E-state index < -0.39 is 5.91 Å². The summed E-state index contributed by atoms with van der Waals surface area (Å²) in [7, 11) is 0. The van der Waals surface area contributed by atoms with Crippen molar-refractivity contribution in [1.29, 1.82) is 0 Å². The maximum Gasteiger partial charge on any atom is 0.291 e. The molecular weight excluding hydrogens is 384 g/mol. The third kappa shape index (κ3) is 3.78. The molecule has 3 aromatic rings. The Labute approximate surface area is 173 Å². The van der Waals surface area contributed by atoms with Crippen LogP contribution in [0.5, 0.6) is 5.75 Å². The molecule has 1 aliphatic heterocycles. The Hall–Kier alpha value is -3.61. The highest BCUT2D eigenvalue weighted by Crippen LogP contribution is 2.35. The van der Waals surface area contributed by atoms with Crippen molar-refractivity contribution >= 4 is 34.2 Å². The van der Waals surface area contributed by atoms with Crippen molar-refractivity contribution in [2.45, 2.75) is 26.7 Å². The van der Waals surface area contributed by atoms with Gasteiger partial charge in [0.25, 0.3) is 11.8 Å². The minimum absolute atomic E-state index is 0.00405. The van der Waals surface area contributed by atoms with Gasteiger partial charge in [-0.1, -0.05) is 19.4 Å². The molecule has 154 valence electrons. The summed E-state index contributed by atoms with van der Waals surface area (Å²) < 4.78 is 11.2. The molecule has 2 aromatic carbocycles. The second-order valence-corrected chi connectivity index (χ2v) is 7.30. The number of unbranched alkanes of at least 4 members (excludes halogenated alkanes) is 1. The Bertz CT molecular complexity index is 1200. The van der Waals surface area contributed by atoms with Gasteiger partial charge in [0, 0.05) is 18.3 Å². The minimum atomic E-state index is -0.543. The van der Waals surface area contributed by atoms with Gasteiger partial charge in [0.2, 0.25) is 0 Å². The average molecular weight is 406 g/mol. The quantitative estimate of drug-likeness (QED) is 0.695. The smallest absolute Gasteiger partial charge is 0.291 e. The first kappa shape index (κ1) is 19.7. The number of fused-ring (bicyclic) bond motifs is 2. The van der Waals surface area contributed by atoms with Crippen LogP contribution in [0.25, 0.3) is 11.0 Å². The van der Waals surface area contributed by atoms with Crippen LogP contribution in [0.15, 0.2) is 51.7 Å². The van der Waals surface area contributed by atoms with Gasteiger partial charge >= 0.3 is 0 Å². The van der Waals surface area contributed by atoms with E-state index in [-0.39, 0.29) is 23.7 Å². The number of aryl methyl sites for hydroxylation is 1. The van der Waals surface area contributed by atoms with Gasteiger partial charge in [-0.3, -0.25) is 14.4 Å². The molecule has 0 atom stereocenters. The second kappa shape index (κ2) is 8.02. The maximum atomic E-state index is 12.7. The first-order chi connectivity index (χ1) is 14.5. The van der Waals surface area contributed by atoms with Gasteiger partial charge in [-0.05, 0) is 49.2 Å². The highest BCUT2D eigenvalue weighted by molar-refractivity contribution is 6.04. The topological polar surface area (TPSA) is 88.9 Å². The number of amides is 2. The number of rotatable bonds is 5. The number of hydrogen-bond donors (Lipinski definition) is 1. The van der Waals surface area contributed by atoms with Crippen molar-refractivity contribution in [2.24, 2.45) is 0 Å². The maximum absolute atomic E-state index is 12.7. The van der Waals surface area contributed by atoms with E-state index in [0.717, 1.165) is 18.4 Å².